The average Bonchev–Trinajstić information content (AvgIpc) is 2.98. The zero-order valence-electron chi connectivity index (χ0n) is 16.4. The molecule has 1 aliphatic heterocycles. The smallest absolute Gasteiger partial charge is 0.264 e. The number of aryl methyl sites for hydroxylation is 1. The highest BCUT2D eigenvalue weighted by Crippen LogP contribution is 2.32. The highest BCUT2D eigenvalue weighted by atomic mass is 32.2. The van der Waals surface area contributed by atoms with Gasteiger partial charge in [-0.1, -0.05) is 23.4 Å². The SMILES string of the molecule is CON(C)S(=O)(=O)c1cccc(C(=O)N2CCCCC[C@H]2c2ccc(C)o2)c1. The van der Waals surface area contributed by atoms with Gasteiger partial charge in [0.05, 0.1) is 18.0 Å². The maximum Gasteiger partial charge on any atom is 0.264 e. The van der Waals surface area contributed by atoms with E-state index in [1.165, 1.54) is 26.3 Å². The van der Waals surface area contributed by atoms with Crippen LogP contribution in [-0.2, 0) is 14.9 Å². The number of nitrogens with zero attached hydrogens (tertiary/aromatic N) is 2. The number of furan rings is 1. The summed E-state index contributed by atoms with van der Waals surface area (Å²) >= 11 is 0. The number of rotatable bonds is 5. The summed E-state index contributed by atoms with van der Waals surface area (Å²) in [4.78, 5) is 19.9. The number of likely N-dealkylation sites (tertiary alicyclic amines) is 1. The van der Waals surface area contributed by atoms with E-state index in [1.54, 1.807) is 17.0 Å². The van der Waals surface area contributed by atoms with Gasteiger partial charge < -0.3 is 9.32 Å². The Morgan fingerprint density at radius 1 is 1.21 bits per heavy atom. The fourth-order valence-electron chi connectivity index (χ4n) is 3.48. The first-order valence-electron chi connectivity index (χ1n) is 9.35. The third-order valence-electron chi connectivity index (χ3n) is 5.08. The molecule has 28 heavy (non-hydrogen) atoms. The van der Waals surface area contributed by atoms with Crippen LogP contribution in [0.5, 0.6) is 0 Å². The van der Waals surface area contributed by atoms with Crippen molar-refractivity contribution in [3.63, 3.8) is 0 Å². The van der Waals surface area contributed by atoms with E-state index in [1.807, 2.05) is 19.1 Å². The summed E-state index contributed by atoms with van der Waals surface area (Å²) < 4.78 is 31.6. The van der Waals surface area contributed by atoms with E-state index in [4.69, 9.17) is 9.25 Å². The van der Waals surface area contributed by atoms with Crippen molar-refractivity contribution in [2.24, 2.45) is 0 Å². The minimum atomic E-state index is -3.82. The quantitative estimate of drug-likeness (QED) is 0.710. The second-order valence-corrected chi connectivity index (χ2v) is 8.87. The monoisotopic (exact) mass is 406 g/mol. The molecule has 152 valence electrons. The Morgan fingerprint density at radius 3 is 2.68 bits per heavy atom. The Bertz CT molecular complexity index is 938. The fraction of sp³-hybridized carbons (Fsp3) is 0.450. The van der Waals surface area contributed by atoms with Crippen molar-refractivity contribution < 1.29 is 22.5 Å². The first-order valence-corrected chi connectivity index (χ1v) is 10.8. The predicted molar refractivity (Wildman–Crippen MR) is 104 cm³/mol. The number of hydrogen-bond donors (Lipinski definition) is 0. The first kappa shape index (κ1) is 20.6. The zero-order chi connectivity index (χ0) is 20.3. The lowest BCUT2D eigenvalue weighted by molar-refractivity contribution is -0.0258. The molecule has 0 spiro atoms. The summed E-state index contributed by atoms with van der Waals surface area (Å²) in [6, 6.07) is 9.75. The molecule has 1 aliphatic rings. The number of carbonyl (C=O) groups is 1. The summed E-state index contributed by atoms with van der Waals surface area (Å²) in [6.45, 7) is 2.49. The molecular formula is C20H26N2O5S. The Labute approximate surface area is 165 Å². The summed E-state index contributed by atoms with van der Waals surface area (Å²) in [5, 5.41) is 0. The van der Waals surface area contributed by atoms with E-state index >= 15 is 0 Å². The molecule has 1 fully saturated rings. The molecule has 0 unspecified atom stereocenters. The Balaban J connectivity index is 1.94. The molecule has 0 aliphatic carbocycles. The lowest BCUT2D eigenvalue weighted by Crippen LogP contribution is -2.35. The van der Waals surface area contributed by atoms with Gasteiger partial charge in [-0.25, -0.2) is 8.42 Å². The second kappa shape index (κ2) is 8.46. The van der Waals surface area contributed by atoms with Crippen molar-refractivity contribution in [2.75, 3.05) is 20.7 Å². The molecule has 3 rings (SSSR count). The lowest BCUT2D eigenvalue weighted by Gasteiger charge is -2.29. The lowest BCUT2D eigenvalue weighted by atomic mass is 10.1. The molecule has 1 atom stereocenters. The van der Waals surface area contributed by atoms with Crippen LogP contribution in [0.15, 0.2) is 45.7 Å². The summed E-state index contributed by atoms with van der Waals surface area (Å²) in [6.07, 6.45) is 3.80. The van der Waals surface area contributed by atoms with E-state index in [0.29, 0.717) is 12.1 Å². The van der Waals surface area contributed by atoms with Gasteiger partial charge in [-0.3, -0.25) is 9.63 Å². The standard InChI is InChI=1S/C20H26N2O5S/c1-15-11-12-19(27-15)18-10-5-4-6-13-22(18)20(23)16-8-7-9-17(14-16)28(24,25)21(2)26-3/h7-9,11-12,14,18H,4-6,10,13H2,1-3H3/t18-/m0/s1. The molecule has 0 N–H and O–H groups in total. The van der Waals surface area contributed by atoms with Gasteiger partial charge in [0.25, 0.3) is 15.9 Å². The molecule has 1 amide bonds. The van der Waals surface area contributed by atoms with Gasteiger partial charge in [-0.05, 0) is 50.1 Å². The number of hydroxylamine groups is 1. The number of sulfonamides is 1. The van der Waals surface area contributed by atoms with Crippen LogP contribution in [0.2, 0.25) is 0 Å². The van der Waals surface area contributed by atoms with E-state index in [2.05, 4.69) is 0 Å². The van der Waals surface area contributed by atoms with Gasteiger partial charge in [0.1, 0.15) is 11.5 Å². The first-order chi connectivity index (χ1) is 13.3. The molecule has 0 bridgehead atoms. The Hall–Kier alpha value is -2.16. The van der Waals surface area contributed by atoms with Gasteiger partial charge in [-0.15, -0.1) is 0 Å². The van der Waals surface area contributed by atoms with Crippen molar-refractivity contribution in [1.82, 2.24) is 9.37 Å². The summed E-state index contributed by atoms with van der Waals surface area (Å²) in [5.74, 6) is 1.39. The molecule has 2 heterocycles. The summed E-state index contributed by atoms with van der Waals surface area (Å²) in [7, 11) is -1.23. The van der Waals surface area contributed by atoms with Gasteiger partial charge >= 0.3 is 0 Å². The third-order valence-corrected chi connectivity index (χ3v) is 6.75. The minimum absolute atomic E-state index is 0.0166. The van der Waals surface area contributed by atoms with Crippen LogP contribution in [0.1, 0.15) is 53.6 Å². The van der Waals surface area contributed by atoms with Gasteiger partial charge in [-0.2, -0.15) is 0 Å². The molecule has 7 nitrogen and oxygen atoms in total. The average molecular weight is 407 g/mol. The number of amides is 1. The molecule has 0 radical (unpaired) electrons. The fourth-order valence-corrected chi connectivity index (χ4v) is 4.50. The van der Waals surface area contributed by atoms with Crippen molar-refractivity contribution in [1.29, 1.82) is 0 Å². The van der Waals surface area contributed by atoms with Crippen molar-refractivity contribution >= 4 is 15.9 Å². The van der Waals surface area contributed by atoms with Crippen LogP contribution in [0, 0.1) is 6.92 Å². The molecule has 1 saturated heterocycles. The molecular weight excluding hydrogens is 380 g/mol. The number of hydrogen-bond acceptors (Lipinski definition) is 5. The van der Waals surface area contributed by atoms with Crippen molar-refractivity contribution in [2.45, 2.75) is 43.5 Å². The van der Waals surface area contributed by atoms with E-state index in [0.717, 1.165) is 41.7 Å². The zero-order valence-corrected chi connectivity index (χ0v) is 17.2. The van der Waals surface area contributed by atoms with Crippen LogP contribution in [0.4, 0.5) is 0 Å². The number of benzene rings is 1. The Kier molecular flexibility index (Phi) is 6.22. The maximum atomic E-state index is 13.3. The maximum absolute atomic E-state index is 13.3. The van der Waals surface area contributed by atoms with Gasteiger partial charge in [0.15, 0.2) is 0 Å². The van der Waals surface area contributed by atoms with Crippen molar-refractivity contribution in [3.8, 4) is 0 Å². The highest BCUT2D eigenvalue weighted by Gasteiger charge is 2.30. The van der Waals surface area contributed by atoms with Crippen LogP contribution >= 0.6 is 0 Å². The second-order valence-electron chi connectivity index (χ2n) is 6.94. The predicted octanol–water partition coefficient (Wildman–Crippen LogP) is 3.53. The van der Waals surface area contributed by atoms with Crippen molar-refractivity contribution in [3.05, 3.63) is 53.5 Å². The van der Waals surface area contributed by atoms with E-state index in [9.17, 15) is 13.2 Å². The normalized spacial score (nSPS) is 18.3. The number of carbonyl (C=O) groups excluding carboxylic acids is 1. The van der Waals surface area contributed by atoms with E-state index in [-0.39, 0.29) is 16.8 Å². The van der Waals surface area contributed by atoms with Gasteiger partial charge in [0.2, 0.25) is 0 Å². The minimum Gasteiger partial charge on any atom is -0.464 e. The topological polar surface area (TPSA) is 80.1 Å². The molecule has 1 aromatic heterocycles. The molecule has 1 aromatic carbocycles. The third kappa shape index (κ3) is 4.14. The molecule has 2 aromatic rings. The highest BCUT2D eigenvalue weighted by molar-refractivity contribution is 7.89. The Morgan fingerprint density at radius 2 is 2.00 bits per heavy atom. The molecule has 8 heteroatoms. The van der Waals surface area contributed by atoms with Gasteiger partial charge in [0, 0.05) is 19.2 Å². The van der Waals surface area contributed by atoms with E-state index < -0.39 is 10.0 Å². The van der Waals surface area contributed by atoms with Crippen LogP contribution in [-0.4, -0.2) is 44.4 Å². The van der Waals surface area contributed by atoms with Crippen LogP contribution in [0.3, 0.4) is 0 Å². The largest absolute Gasteiger partial charge is 0.464 e. The summed E-state index contributed by atoms with van der Waals surface area (Å²) in [5.41, 5.74) is 0.334. The molecule has 0 saturated carbocycles. The van der Waals surface area contributed by atoms with Crippen LogP contribution in [0.25, 0.3) is 0 Å². The van der Waals surface area contributed by atoms with Crippen LogP contribution < -0.4 is 0 Å².